The average molecular weight is 254 g/mol. The van der Waals surface area contributed by atoms with Crippen molar-refractivity contribution in [3.05, 3.63) is 34.9 Å². The van der Waals surface area contributed by atoms with Crippen LogP contribution in [0.25, 0.3) is 0 Å². The maximum atomic E-state index is 11.6. The minimum absolute atomic E-state index is 0.0106. The fraction of sp³-hybridized carbons (Fsp3) is 0.462. The lowest BCUT2D eigenvalue weighted by Gasteiger charge is -2.10. The molecule has 1 atom stereocenters. The van der Waals surface area contributed by atoms with Gasteiger partial charge in [0.25, 0.3) is 0 Å². The molecule has 2 rings (SSSR count). The first kappa shape index (κ1) is 12.4. The molecular weight excluding hydrogens is 238 g/mol. The maximum Gasteiger partial charge on any atom is 0.249 e. The van der Waals surface area contributed by atoms with E-state index in [1.54, 1.807) is 0 Å². The van der Waals surface area contributed by atoms with Crippen LogP contribution in [0.15, 0.2) is 24.3 Å². The number of nitrogens with one attached hydrogen (secondary N) is 1. The standard InChI is InChI=1S/C13H16ClNO2/c14-11-5-3-10(4-6-11)7-8-15-13(16)12-2-1-9-17-12/h3-6,12H,1-2,7-9H2,(H,15,16)/t12-/m1/s1. The third kappa shape index (κ3) is 3.72. The number of halogens is 1. The molecule has 1 aromatic rings. The molecule has 1 fully saturated rings. The molecule has 1 amide bonds. The van der Waals surface area contributed by atoms with Crippen molar-refractivity contribution in [3.8, 4) is 0 Å². The van der Waals surface area contributed by atoms with Crippen molar-refractivity contribution in [2.24, 2.45) is 0 Å². The molecule has 1 aliphatic rings. The van der Waals surface area contributed by atoms with Crippen LogP contribution in [0, 0.1) is 0 Å². The summed E-state index contributed by atoms with van der Waals surface area (Å²) >= 11 is 5.80. The first-order chi connectivity index (χ1) is 8.25. The highest BCUT2D eigenvalue weighted by molar-refractivity contribution is 6.30. The van der Waals surface area contributed by atoms with Crippen LogP contribution in [-0.4, -0.2) is 25.2 Å². The third-order valence-corrected chi connectivity index (χ3v) is 3.10. The van der Waals surface area contributed by atoms with Gasteiger partial charge in [-0.2, -0.15) is 0 Å². The minimum Gasteiger partial charge on any atom is -0.368 e. The van der Waals surface area contributed by atoms with Crippen molar-refractivity contribution in [2.45, 2.75) is 25.4 Å². The van der Waals surface area contributed by atoms with E-state index < -0.39 is 0 Å². The Bertz CT molecular complexity index is 372. The summed E-state index contributed by atoms with van der Waals surface area (Å²) in [7, 11) is 0. The number of carbonyl (C=O) groups is 1. The summed E-state index contributed by atoms with van der Waals surface area (Å²) < 4.78 is 5.30. The Kier molecular flexibility index (Phi) is 4.40. The molecular formula is C13H16ClNO2. The van der Waals surface area contributed by atoms with Gasteiger partial charge < -0.3 is 10.1 Å². The summed E-state index contributed by atoms with van der Waals surface area (Å²) in [5.74, 6) is 0.0106. The third-order valence-electron chi connectivity index (χ3n) is 2.85. The average Bonchev–Trinajstić information content (AvgIpc) is 2.85. The van der Waals surface area contributed by atoms with Crippen molar-refractivity contribution >= 4 is 17.5 Å². The Hall–Kier alpha value is -1.06. The number of hydrogen-bond donors (Lipinski definition) is 1. The van der Waals surface area contributed by atoms with Crippen LogP contribution in [0.3, 0.4) is 0 Å². The summed E-state index contributed by atoms with van der Waals surface area (Å²) in [5, 5.41) is 3.62. The first-order valence-electron chi connectivity index (χ1n) is 5.89. The molecule has 0 radical (unpaired) electrons. The van der Waals surface area contributed by atoms with Gasteiger partial charge in [-0.1, -0.05) is 23.7 Å². The molecule has 4 heteroatoms. The number of carbonyl (C=O) groups excluding carboxylic acids is 1. The zero-order valence-electron chi connectivity index (χ0n) is 9.62. The van der Waals surface area contributed by atoms with Gasteiger partial charge in [0.15, 0.2) is 0 Å². The Balaban J connectivity index is 1.72. The lowest BCUT2D eigenvalue weighted by molar-refractivity contribution is -0.129. The Morgan fingerprint density at radius 3 is 2.82 bits per heavy atom. The van der Waals surface area contributed by atoms with Crippen molar-refractivity contribution in [3.63, 3.8) is 0 Å². The van der Waals surface area contributed by atoms with Gasteiger partial charge in [-0.15, -0.1) is 0 Å². The van der Waals surface area contributed by atoms with Gasteiger partial charge in [-0.05, 0) is 37.0 Å². The number of rotatable bonds is 4. The zero-order chi connectivity index (χ0) is 12.1. The van der Waals surface area contributed by atoms with Gasteiger partial charge in [-0.25, -0.2) is 0 Å². The van der Waals surface area contributed by atoms with E-state index >= 15 is 0 Å². The zero-order valence-corrected chi connectivity index (χ0v) is 10.4. The predicted molar refractivity (Wildman–Crippen MR) is 67.1 cm³/mol. The smallest absolute Gasteiger partial charge is 0.249 e. The molecule has 0 unspecified atom stereocenters. The number of amides is 1. The molecule has 92 valence electrons. The van der Waals surface area contributed by atoms with Crippen molar-refractivity contribution in [1.82, 2.24) is 5.32 Å². The summed E-state index contributed by atoms with van der Waals surface area (Å²) in [6.45, 7) is 1.34. The molecule has 0 bridgehead atoms. The van der Waals surface area contributed by atoms with E-state index in [-0.39, 0.29) is 12.0 Å². The van der Waals surface area contributed by atoms with E-state index in [1.165, 1.54) is 5.56 Å². The van der Waals surface area contributed by atoms with Crippen LogP contribution in [0.5, 0.6) is 0 Å². The molecule has 3 nitrogen and oxygen atoms in total. The van der Waals surface area contributed by atoms with Gasteiger partial charge in [0.1, 0.15) is 6.10 Å². The van der Waals surface area contributed by atoms with Crippen molar-refractivity contribution in [1.29, 1.82) is 0 Å². The second kappa shape index (κ2) is 6.03. The van der Waals surface area contributed by atoms with E-state index in [2.05, 4.69) is 5.32 Å². The van der Waals surface area contributed by atoms with Crippen molar-refractivity contribution in [2.75, 3.05) is 13.2 Å². The van der Waals surface area contributed by atoms with Crippen LogP contribution < -0.4 is 5.32 Å². The largest absolute Gasteiger partial charge is 0.368 e. The summed E-state index contributed by atoms with van der Waals surface area (Å²) in [6, 6.07) is 7.67. The lowest BCUT2D eigenvalue weighted by Crippen LogP contribution is -2.35. The second-order valence-electron chi connectivity index (χ2n) is 4.17. The van der Waals surface area contributed by atoms with E-state index in [4.69, 9.17) is 16.3 Å². The summed E-state index contributed by atoms with van der Waals surface area (Å²) in [4.78, 5) is 11.6. The highest BCUT2D eigenvalue weighted by Crippen LogP contribution is 2.12. The number of benzene rings is 1. The molecule has 1 N–H and O–H groups in total. The Morgan fingerprint density at radius 1 is 1.41 bits per heavy atom. The highest BCUT2D eigenvalue weighted by Gasteiger charge is 2.22. The lowest BCUT2D eigenvalue weighted by atomic mass is 10.1. The van der Waals surface area contributed by atoms with Crippen molar-refractivity contribution < 1.29 is 9.53 Å². The first-order valence-corrected chi connectivity index (χ1v) is 6.27. The molecule has 17 heavy (non-hydrogen) atoms. The topological polar surface area (TPSA) is 38.3 Å². The Labute approximate surface area is 106 Å². The molecule has 1 heterocycles. The fourth-order valence-corrected chi connectivity index (χ4v) is 2.01. The van der Waals surface area contributed by atoms with E-state index in [9.17, 15) is 4.79 Å². The van der Waals surface area contributed by atoms with Gasteiger partial charge >= 0.3 is 0 Å². The van der Waals surface area contributed by atoms with Gasteiger partial charge in [0.2, 0.25) is 5.91 Å². The normalized spacial score (nSPS) is 19.2. The van der Waals surface area contributed by atoms with Gasteiger partial charge in [0, 0.05) is 18.2 Å². The van der Waals surface area contributed by atoms with Crippen LogP contribution >= 0.6 is 11.6 Å². The van der Waals surface area contributed by atoms with E-state index in [0.717, 1.165) is 24.3 Å². The predicted octanol–water partition coefficient (Wildman–Crippen LogP) is 2.18. The molecule has 1 aliphatic heterocycles. The van der Waals surface area contributed by atoms with Gasteiger partial charge in [0.05, 0.1) is 0 Å². The van der Waals surface area contributed by atoms with E-state index in [0.29, 0.717) is 13.2 Å². The quantitative estimate of drug-likeness (QED) is 0.893. The summed E-state index contributed by atoms with van der Waals surface area (Å²) in [6.07, 6.45) is 2.40. The van der Waals surface area contributed by atoms with Crippen LogP contribution in [0.1, 0.15) is 18.4 Å². The van der Waals surface area contributed by atoms with Gasteiger partial charge in [-0.3, -0.25) is 4.79 Å². The van der Waals surface area contributed by atoms with Crippen LogP contribution in [0.2, 0.25) is 5.02 Å². The number of hydrogen-bond acceptors (Lipinski definition) is 2. The maximum absolute atomic E-state index is 11.6. The Morgan fingerprint density at radius 2 is 2.18 bits per heavy atom. The summed E-state index contributed by atoms with van der Waals surface area (Å²) in [5.41, 5.74) is 1.17. The molecule has 1 aromatic carbocycles. The monoisotopic (exact) mass is 253 g/mol. The van der Waals surface area contributed by atoms with Crippen LogP contribution in [0.4, 0.5) is 0 Å². The SMILES string of the molecule is O=C(NCCc1ccc(Cl)cc1)[C@H]1CCCO1. The van der Waals surface area contributed by atoms with Crippen LogP contribution in [-0.2, 0) is 16.0 Å². The molecule has 0 spiro atoms. The second-order valence-corrected chi connectivity index (χ2v) is 4.61. The molecule has 0 aromatic heterocycles. The fourth-order valence-electron chi connectivity index (χ4n) is 1.88. The minimum atomic E-state index is -0.236. The number of ether oxygens (including phenoxy) is 1. The molecule has 1 saturated heterocycles. The highest BCUT2D eigenvalue weighted by atomic mass is 35.5. The molecule has 0 aliphatic carbocycles. The molecule has 0 saturated carbocycles. The van der Waals surface area contributed by atoms with E-state index in [1.807, 2.05) is 24.3 Å².